The zero-order valence-electron chi connectivity index (χ0n) is 19.8. The molecule has 0 aliphatic carbocycles. The van der Waals surface area contributed by atoms with E-state index in [0.29, 0.717) is 30.0 Å². The minimum atomic E-state index is -0.809. The molecule has 0 radical (unpaired) electrons. The van der Waals surface area contributed by atoms with Crippen molar-refractivity contribution in [2.45, 2.75) is 13.0 Å². The number of methoxy groups -OCH3 is 1. The number of rotatable bonds is 9. The summed E-state index contributed by atoms with van der Waals surface area (Å²) in [5.74, 6) is -0.832. The molecule has 0 aliphatic heterocycles. The lowest BCUT2D eigenvalue weighted by molar-refractivity contribution is -0.122. The average molecular weight is 502 g/mol. The molecule has 186 valence electrons. The number of nitrogens with one attached hydrogen (secondary N) is 3. The van der Waals surface area contributed by atoms with Gasteiger partial charge in [0.25, 0.3) is 5.91 Å². The van der Waals surface area contributed by atoms with Gasteiger partial charge in [0, 0.05) is 30.3 Å². The normalized spacial score (nSPS) is 11.8. The van der Waals surface area contributed by atoms with E-state index < -0.39 is 11.9 Å². The zero-order valence-corrected chi connectivity index (χ0v) is 20.6. The number of hydrogen-bond acceptors (Lipinski definition) is 7. The molecule has 1 aromatic heterocycles. The number of benzene rings is 2. The summed E-state index contributed by atoms with van der Waals surface area (Å²) in [4.78, 5) is 27.5. The average Bonchev–Trinajstić information content (AvgIpc) is 3.26. The van der Waals surface area contributed by atoms with E-state index in [-0.39, 0.29) is 39.4 Å². The maximum Gasteiger partial charge on any atom is 0.270 e. The molecule has 2 amide bonds. The van der Waals surface area contributed by atoms with Gasteiger partial charge in [0.15, 0.2) is 0 Å². The molecule has 1 heterocycles. The van der Waals surface area contributed by atoms with Gasteiger partial charge in [-0.25, -0.2) is 0 Å². The lowest BCUT2D eigenvalue weighted by atomic mass is 9.97. The molecule has 0 bridgehead atoms. The van der Waals surface area contributed by atoms with Gasteiger partial charge in [0.05, 0.1) is 12.1 Å². The fourth-order valence-electron chi connectivity index (χ4n) is 3.37. The highest BCUT2D eigenvalue weighted by Gasteiger charge is 2.26. The van der Waals surface area contributed by atoms with Crippen LogP contribution in [0.25, 0.3) is 22.4 Å². The molecule has 11 heteroatoms. The molecule has 0 spiro atoms. The maximum absolute atomic E-state index is 13.2. The van der Waals surface area contributed by atoms with Gasteiger partial charge in [0.2, 0.25) is 5.91 Å². The summed E-state index contributed by atoms with van der Waals surface area (Å²) in [6, 6.07) is 8.57. The van der Waals surface area contributed by atoms with E-state index in [1.165, 1.54) is 6.07 Å². The molecule has 0 aliphatic rings. The molecule has 0 fully saturated rings. The minimum Gasteiger partial charge on any atom is -0.507 e. The summed E-state index contributed by atoms with van der Waals surface area (Å²) >= 11 is 6.07. The number of aromatic amines is 1. The monoisotopic (exact) mass is 501 g/mol. The predicted molar refractivity (Wildman–Crippen MR) is 133 cm³/mol. The molecule has 0 unspecified atom stereocenters. The van der Waals surface area contributed by atoms with E-state index in [1.54, 1.807) is 38.3 Å². The Morgan fingerprint density at radius 1 is 1.17 bits per heavy atom. The number of hydrogen-bond donors (Lipinski definition) is 5. The number of amides is 2. The van der Waals surface area contributed by atoms with Gasteiger partial charge in [-0.05, 0) is 44.8 Å². The number of carbonyl (C=O) groups excluding carboxylic acids is 2. The highest BCUT2D eigenvalue weighted by atomic mass is 35.5. The Bertz CT molecular complexity index is 1210. The minimum absolute atomic E-state index is 0.00972. The van der Waals surface area contributed by atoms with Crippen molar-refractivity contribution < 1.29 is 24.5 Å². The second-order valence-corrected chi connectivity index (χ2v) is 8.57. The number of halogens is 1. The molecule has 3 rings (SSSR count). The van der Waals surface area contributed by atoms with Crippen LogP contribution in [0.5, 0.6) is 17.2 Å². The Kier molecular flexibility index (Phi) is 8.21. The van der Waals surface area contributed by atoms with Crippen LogP contribution in [-0.4, -0.2) is 77.5 Å². The highest BCUT2D eigenvalue weighted by molar-refractivity contribution is 6.32. The quantitative estimate of drug-likeness (QED) is 0.303. The summed E-state index contributed by atoms with van der Waals surface area (Å²) in [6.45, 7) is 2.69. The van der Waals surface area contributed by atoms with Crippen LogP contribution in [0.1, 0.15) is 17.4 Å². The van der Waals surface area contributed by atoms with Crippen molar-refractivity contribution in [2.75, 3.05) is 34.3 Å². The van der Waals surface area contributed by atoms with Crippen LogP contribution in [-0.2, 0) is 4.79 Å². The van der Waals surface area contributed by atoms with Crippen LogP contribution in [0.2, 0.25) is 5.02 Å². The fraction of sp³-hybridized carbons (Fsp3) is 0.292. The number of aromatic hydroxyl groups is 2. The van der Waals surface area contributed by atoms with Gasteiger partial charge in [-0.2, -0.15) is 5.10 Å². The second kappa shape index (κ2) is 11.1. The van der Waals surface area contributed by atoms with E-state index in [4.69, 9.17) is 16.3 Å². The topological polar surface area (TPSA) is 140 Å². The van der Waals surface area contributed by atoms with Gasteiger partial charge in [-0.3, -0.25) is 14.7 Å². The Morgan fingerprint density at radius 3 is 2.49 bits per heavy atom. The molecule has 3 aromatic rings. The number of aromatic nitrogens is 2. The summed E-state index contributed by atoms with van der Waals surface area (Å²) in [5.41, 5.74) is 1.52. The largest absolute Gasteiger partial charge is 0.507 e. The summed E-state index contributed by atoms with van der Waals surface area (Å²) in [6.07, 6.45) is 0. The van der Waals surface area contributed by atoms with Crippen LogP contribution in [0.15, 0.2) is 36.4 Å². The highest BCUT2D eigenvalue weighted by Crippen LogP contribution is 2.41. The van der Waals surface area contributed by atoms with Crippen molar-refractivity contribution >= 4 is 23.4 Å². The van der Waals surface area contributed by atoms with Crippen molar-refractivity contribution in [2.24, 2.45) is 0 Å². The first-order chi connectivity index (χ1) is 16.6. The number of H-pyrrole nitrogens is 1. The molecule has 5 N–H and O–H groups in total. The Hall–Kier alpha value is -3.76. The maximum atomic E-state index is 13.2. The van der Waals surface area contributed by atoms with Crippen LogP contribution < -0.4 is 15.4 Å². The Labute approximate surface area is 207 Å². The molecule has 35 heavy (non-hydrogen) atoms. The first-order valence-corrected chi connectivity index (χ1v) is 11.2. The lowest BCUT2D eigenvalue weighted by Gasteiger charge is -2.16. The van der Waals surface area contributed by atoms with E-state index in [0.717, 1.165) is 6.07 Å². The summed E-state index contributed by atoms with van der Waals surface area (Å²) in [7, 11) is 5.33. The van der Waals surface area contributed by atoms with Gasteiger partial charge >= 0.3 is 0 Å². The van der Waals surface area contributed by atoms with Crippen molar-refractivity contribution in [3.8, 4) is 39.6 Å². The van der Waals surface area contributed by atoms with Crippen LogP contribution in [0.4, 0.5) is 0 Å². The van der Waals surface area contributed by atoms with Crippen molar-refractivity contribution in [3.63, 3.8) is 0 Å². The molecule has 0 saturated carbocycles. The van der Waals surface area contributed by atoms with Gasteiger partial charge in [-0.1, -0.05) is 23.7 Å². The zero-order chi connectivity index (χ0) is 25.7. The van der Waals surface area contributed by atoms with Crippen molar-refractivity contribution in [1.82, 2.24) is 25.7 Å². The summed E-state index contributed by atoms with van der Waals surface area (Å²) in [5, 5.41) is 32.7. The first kappa shape index (κ1) is 25.9. The number of likely N-dealkylation sites (N-methyl/N-ethyl adjacent to an activating group) is 1. The Balaban J connectivity index is 1.98. The summed E-state index contributed by atoms with van der Waals surface area (Å²) < 4.78 is 5.22. The van der Waals surface area contributed by atoms with E-state index >= 15 is 0 Å². The molecular weight excluding hydrogens is 474 g/mol. The number of phenols is 2. The number of carbonyl (C=O) groups is 2. The SMILES string of the molecule is COc1ccc(-c2c(-c3cc(Cl)c(O)cc3O)n[nH]c2C(=O)N[C@H](C)C(=O)NCCN(C)C)cc1. The van der Waals surface area contributed by atoms with Crippen LogP contribution in [0, 0.1) is 0 Å². The van der Waals surface area contributed by atoms with Gasteiger partial charge in [0.1, 0.15) is 34.7 Å². The van der Waals surface area contributed by atoms with Gasteiger partial charge in [-0.15, -0.1) is 0 Å². The fourth-order valence-corrected chi connectivity index (χ4v) is 3.53. The number of phenolic OH excluding ortho intramolecular Hbond substituents is 2. The second-order valence-electron chi connectivity index (χ2n) is 8.16. The van der Waals surface area contributed by atoms with Crippen LogP contribution >= 0.6 is 11.6 Å². The standard InChI is InChI=1S/C24H28ClN5O5/c1-13(23(33)26-9-10-30(2)3)27-24(34)22-20(14-5-7-15(35-4)8-6-14)21(28-29-22)16-11-17(25)19(32)12-18(16)31/h5-8,11-13,31-32H,9-10H2,1-4H3,(H,26,33)(H,27,34)(H,28,29)/t13-/m1/s1. The van der Waals surface area contributed by atoms with E-state index in [9.17, 15) is 19.8 Å². The van der Waals surface area contributed by atoms with Crippen molar-refractivity contribution in [1.29, 1.82) is 0 Å². The van der Waals surface area contributed by atoms with Crippen LogP contribution in [0.3, 0.4) is 0 Å². The first-order valence-electron chi connectivity index (χ1n) is 10.8. The molecule has 0 saturated heterocycles. The lowest BCUT2D eigenvalue weighted by Crippen LogP contribution is -2.46. The predicted octanol–water partition coefficient (Wildman–Crippen LogP) is 2.61. The number of nitrogens with zero attached hydrogens (tertiary/aromatic N) is 2. The smallest absolute Gasteiger partial charge is 0.270 e. The molecule has 1 atom stereocenters. The van der Waals surface area contributed by atoms with Crippen molar-refractivity contribution in [3.05, 3.63) is 47.1 Å². The third-order valence-electron chi connectivity index (χ3n) is 5.29. The third-order valence-corrected chi connectivity index (χ3v) is 5.59. The van der Waals surface area contributed by atoms with E-state index in [2.05, 4.69) is 20.8 Å². The van der Waals surface area contributed by atoms with E-state index in [1.807, 2.05) is 19.0 Å². The van der Waals surface area contributed by atoms with Gasteiger partial charge < -0.3 is 30.5 Å². The number of ether oxygens (including phenoxy) is 1. The molecule has 2 aromatic carbocycles. The molecule has 10 nitrogen and oxygen atoms in total. The Morgan fingerprint density at radius 2 is 1.86 bits per heavy atom. The molecular formula is C24H28ClN5O5. The third kappa shape index (κ3) is 6.03.